The molecule has 0 aliphatic carbocycles. The highest BCUT2D eigenvalue weighted by Gasteiger charge is 2.34. The molecule has 1 aliphatic rings. The van der Waals surface area contributed by atoms with Crippen molar-refractivity contribution in [3.63, 3.8) is 0 Å². The van der Waals surface area contributed by atoms with Gasteiger partial charge in [0.25, 0.3) is 0 Å². The van der Waals surface area contributed by atoms with Crippen LogP contribution in [0.1, 0.15) is 37.6 Å². The molecule has 2 amide bonds. The first-order chi connectivity index (χ1) is 12.4. The zero-order valence-corrected chi connectivity index (χ0v) is 16.3. The van der Waals surface area contributed by atoms with Gasteiger partial charge >= 0.3 is 0 Å². The number of halogens is 1. The summed E-state index contributed by atoms with van der Waals surface area (Å²) in [5.41, 5.74) is 1.33. The highest BCUT2D eigenvalue weighted by atomic mass is 79.9. The minimum atomic E-state index is -0.587. The zero-order chi connectivity index (χ0) is 18.7. The fraction of sp³-hybridized carbons (Fsp3) is 0.300. The maximum Gasteiger partial charge on any atom is 0.238 e. The van der Waals surface area contributed by atoms with Crippen LogP contribution in [0.3, 0.4) is 0 Å². The smallest absolute Gasteiger partial charge is 0.238 e. The molecule has 2 aromatic carbocycles. The molecule has 0 saturated carbocycles. The van der Waals surface area contributed by atoms with E-state index in [0.29, 0.717) is 0 Å². The topological polar surface area (TPSA) is 70.2 Å². The lowest BCUT2D eigenvalue weighted by atomic mass is 9.93. The van der Waals surface area contributed by atoms with Crippen molar-refractivity contribution in [3.05, 3.63) is 70.2 Å². The molecule has 136 valence electrons. The minimum Gasteiger partial charge on any atom is -0.346 e. The van der Waals surface area contributed by atoms with Gasteiger partial charge in [-0.2, -0.15) is 0 Å². The van der Waals surface area contributed by atoms with E-state index in [0.717, 1.165) is 15.6 Å². The van der Waals surface area contributed by atoms with E-state index >= 15 is 0 Å². The molecule has 0 spiro atoms. The molecule has 5 nitrogen and oxygen atoms in total. The number of carbonyl (C=O) groups excluding carboxylic acids is 2. The summed E-state index contributed by atoms with van der Waals surface area (Å²) in [4.78, 5) is 25.0. The van der Waals surface area contributed by atoms with Crippen LogP contribution in [0.2, 0.25) is 0 Å². The van der Waals surface area contributed by atoms with Crippen LogP contribution in [0.5, 0.6) is 0 Å². The molecule has 2 aromatic rings. The molecule has 0 radical (unpaired) electrons. The quantitative estimate of drug-likeness (QED) is 0.718. The Morgan fingerprint density at radius 3 is 2.46 bits per heavy atom. The molecule has 0 aromatic heterocycles. The summed E-state index contributed by atoms with van der Waals surface area (Å²) in [6.07, 6.45) is -0.263. The lowest BCUT2D eigenvalue weighted by Gasteiger charge is -2.34. The summed E-state index contributed by atoms with van der Waals surface area (Å²) in [6.45, 7) is 3.89. The fourth-order valence-corrected chi connectivity index (χ4v) is 3.91. The molecule has 1 saturated heterocycles. The maximum absolute atomic E-state index is 12.9. The van der Waals surface area contributed by atoms with E-state index in [1.54, 1.807) is 0 Å². The maximum atomic E-state index is 12.9. The summed E-state index contributed by atoms with van der Waals surface area (Å²) >= 11 is 3.54. The average Bonchev–Trinajstić information content (AvgIpc) is 2.62. The highest BCUT2D eigenvalue weighted by Crippen LogP contribution is 2.28. The van der Waals surface area contributed by atoms with E-state index in [-0.39, 0.29) is 24.4 Å². The van der Waals surface area contributed by atoms with Gasteiger partial charge in [0.15, 0.2) is 0 Å². The van der Waals surface area contributed by atoms with Crippen LogP contribution in [0.4, 0.5) is 0 Å². The van der Waals surface area contributed by atoms with Crippen LogP contribution in [-0.4, -0.2) is 17.9 Å². The molecule has 2 atom stereocenters. The van der Waals surface area contributed by atoms with E-state index < -0.39 is 11.6 Å². The fourth-order valence-electron chi connectivity index (χ4n) is 3.13. The number of benzene rings is 2. The number of hydrogen-bond donors (Lipinski definition) is 3. The Balaban J connectivity index is 1.74. The Labute approximate surface area is 161 Å². The normalized spacial score (nSPS) is 20.3. The van der Waals surface area contributed by atoms with Gasteiger partial charge in [-0.25, -0.2) is 0 Å². The molecule has 3 rings (SSSR count). The highest BCUT2D eigenvalue weighted by molar-refractivity contribution is 9.10. The van der Waals surface area contributed by atoms with E-state index in [2.05, 4.69) is 31.9 Å². The Kier molecular flexibility index (Phi) is 5.44. The Morgan fingerprint density at radius 2 is 1.77 bits per heavy atom. The predicted molar refractivity (Wildman–Crippen MR) is 104 cm³/mol. The summed E-state index contributed by atoms with van der Waals surface area (Å²) in [5, 5.41) is 9.18. The molecule has 0 bridgehead atoms. The van der Waals surface area contributed by atoms with Gasteiger partial charge in [-0.1, -0.05) is 64.5 Å². The third-order valence-electron chi connectivity index (χ3n) is 4.49. The van der Waals surface area contributed by atoms with Crippen LogP contribution in [-0.2, 0) is 15.1 Å². The molecule has 6 heteroatoms. The molecule has 2 unspecified atom stereocenters. The van der Waals surface area contributed by atoms with Crippen LogP contribution in [0, 0.1) is 0 Å². The minimum absolute atomic E-state index is 0.112. The van der Waals surface area contributed by atoms with E-state index in [1.165, 1.54) is 0 Å². The Morgan fingerprint density at radius 1 is 1.12 bits per heavy atom. The van der Waals surface area contributed by atoms with Crippen molar-refractivity contribution < 1.29 is 9.59 Å². The Bertz CT molecular complexity index is 808. The van der Waals surface area contributed by atoms with Gasteiger partial charge in [0, 0.05) is 4.47 Å². The van der Waals surface area contributed by atoms with Crippen molar-refractivity contribution in [3.8, 4) is 0 Å². The number of nitrogens with one attached hydrogen (secondary N) is 3. The molecule has 1 fully saturated rings. The molecule has 1 aliphatic heterocycles. The summed E-state index contributed by atoms with van der Waals surface area (Å²) < 4.78 is 0.932. The first-order valence-corrected chi connectivity index (χ1v) is 9.33. The van der Waals surface area contributed by atoms with Crippen molar-refractivity contribution >= 4 is 27.7 Å². The Hall–Kier alpha value is -2.18. The second kappa shape index (κ2) is 7.60. The SMILES string of the molecule is CC(C)(NC(=O)C1CC(=O)NC(c2ccccc2)N1)c1ccccc1Br. The van der Waals surface area contributed by atoms with Gasteiger partial charge in [0.1, 0.15) is 6.17 Å². The van der Waals surface area contributed by atoms with Crippen molar-refractivity contribution in [2.24, 2.45) is 0 Å². The molecule has 3 N–H and O–H groups in total. The van der Waals surface area contributed by atoms with Crippen LogP contribution in [0.25, 0.3) is 0 Å². The van der Waals surface area contributed by atoms with Crippen LogP contribution in [0.15, 0.2) is 59.1 Å². The van der Waals surface area contributed by atoms with Crippen molar-refractivity contribution in [1.82, 2.24) is 16.0 Å². The second-order valence-corrected chi connectivity index (χ2v) is 7.78. The first-order valence-electron chi connectivity index (χ1n) is 8.54. The molecular formula is C20H22BrN3O2. The zero-order valence-electron chi connectivity index (χ0n) is 14.8. The van der Waals surface area contributed by atoms with E-state index in [9.17, 15) is 9.59 Å². The van der Waals surface area contributed by atoms with Gasteiger partial charge in [-0.3, -0.25) is 14.9 Å². The lowest BCUT2D eigenvalue weighted by molar-refractivity contribution is -0.132. The number of hydrogen-bond acceptors (Lipinski definition) is 3. The summed E-state index contributed by atoms with van der Waals surface area (Å²) in [5.74, 6) is -0.335. The second-order valence-electron chi connectivity index (χ2n) is 6.93. The van der Waals surface area contributed by atoms with Crippen molar-refractivity contribution in [1.29, 1.82) is 0 Å². The molecular weight excluding hydrogens is 394 g/mol. The van der Waals surface area contributed by atoms with Crippen molar-refractivity contribution in [2.75, 3.05) is 0 Å². The molecule has 1 heterocycles. The van der Waals surface area contributed by atoms with Crippen LogP contribution < -0.4 is 16.0 Å². The van der Waals surface area contributed by atoms with Gasteiger partial charge in [-0.05, 0) is 31.0 Å². The van der Waals surface area contributed by atoms with Crippen molar-refractivity contribution in [2.45, 2.75) is 38.0 Å². The largest absolute Gasteiger partial charge is 0.346 e. The first kappa shape index (κ1) is 18.6. The van der Waals surface area contributed by atoms with E-state index in [4.69, 9.17) is 0 Å². The van der Waals surface area contributed by atoms with Gasteiger partial charge in [-0.15, -0.1) is 0 Å². The summed E-state index contributed by atoms with van der Waals surface area (Å²) in [7, 11) is 0. The average molecular weight is 416 g/mol. The third kappa shape index (κ3) is 4.14. The third-order valence-corrected chi connectivity index (χ3v) is 5.19. The standard InChI is InChI=1S/C20H22BrN3O2/c1-20(2,14-10-6-7-11-15(14)21)24-19(26)16-12-17(25)23-18(22-16)13-8-4-3-5-9-13/h3-11,16,18,22H,12H2,1-2H3,(H,23,25)(H,24,26). The van der Waals surface area contributed by atoms with Gasteiger partial charge < -0.3 is 10.6 Å². The molecule has 26 heavy (non-hydrogen) atoms. The lowest BCUT2D eigenvalue weighted by Crippen LogP contribution is -2.58. The predicted octanol–water partition coefficient (Wildman–Crippen LogP) is 2.98. The van der Waals surface area contributed by atoms with E-state index in [1.807, 2.05) is 68.4 Å². The number of rotatable bonds is 4. The van der Waals surface area contributed by atoms with Gasteiger partial charge in [0.05, 0.1) is 18.0 Å². The number of amides is 2. The van der Waals surface area contributed by atoms with Gasteiger partial charge in [0.2, 0.25) is 11.8 Å². The van der Waals surface area contributed by atoms with Crippen LogP contribution >= 0.6 is 15.9 Å². The summed E-state index contributed by atoms with van der Waals surface area (Å²) in [6, 6.07) is 16.8. The number of carbonyl (C=O) groups is 2. The monoisotopic (exact) mass is 415 g/mol.